The first-order valence-corrected chi connectivity index (χ1v) is 10.9. The topological polar surface area (TPSA) is 53.1 Å². The van der Waals surface area contributed by atoms with Gasteiger partial charge in [-0.1, -0.05) is 42.5 Å². The smallest absolute Gasteiger partial charge is 0.229 e. The van der Waals surface area contributed by atoms with E-state index in [4.69, 9.17) is 9.97 Å². The van der Waals surface area contributed by atoms with Crippen LogP contribution in [-0.2, 0) is 0 Å². The van der Waals surface area contributed by atoms with Crippen LogP contribution in [0.1, 0.15) is 32.4 Å². The minimum absolute atomic E-state index is 0.126. The lowest BCUT2D eigenvalue weighted by molar-refractivity contribution is 0.866. The van der Waals surface area contributed by atoms with Crippen LogP contribution in [0.15, 0.2) is 78.9 Å². The number of nitrogens with zero attached hydrogens (tertiary/aromatic N) is 3. The molecule has 1 aromatic heterocycles. The van der Waals surface area contributed by atoms with Crippen molar-refractivity contribution in [2.75, 3.05) is 28.6 Å². The summed E-state index contributed by atoms with van der Waals surface area (Å²) in [6.45, 7) is 8.47. The second-order valence-corrected chi connectivity index (χ2v) is 7.53. The number of para-hydroxylation sites is 1. The minimum Gasteiger partial charge on any atom is -0.372 e. The van der Waals surface area contributed by atoms with E-state index < -0.39 is 0 Å². The summed E-state index contributed by atoms with van der Waals surface area (Å²) in [6, 6.07) is 27.0. The van der Waals surface area contributed by atoms with Crippen LogP contribution in [0, 0.1) is 0 Å². The van der Waals surface area contributed by atoms with Crippen molar-refractivity contribution in [1.82, 2.24) is 9.97 Å². The highest BCUT2D eigenvalue weighted by Gasteiger charge is 2.12. The quantitative estimate of drug-likeness (QED) is 0.352. The number of rotatable bonds is 8. The third-order valence-corrected chi connectivity index (χ3v) is 5.51. The van der Waals surface area contributed by atoms with Crippen LogP contribution in [0.3, 0.4) is 0 Å². The van der Waals surface area contributed by atoms with E-state index in [0.717, 1.165) is 35.5 Å². The Morgan fingerprint density at radius 1 is 0.806 bits per heavy atom. The SMILES string of the molecule is CCN(CC)c1ccc(Nc2nc(NC(C)c3ccccc3)c3ccccc3n2)cc1. The molecule has 0 spiro atoms. The molecule has 0 fully saturated rings. The van der Waals surface area contributed by atoms with Crippen molar-refractivity contribution in [2.24, 2.45) is 0 Å². The molecule has 4 aromatic rings. The maximum atomic E-state index is 4.81. The van der Waals surface area contributed by atoms with E-state index in [0.29, 0.717) is 5.95 Å². The summed E-state index contributed by atoms with van der Waals surface area (Å²) in [7, 11) is 0. The van der Waals surface area contributed by atoms with E-state index in [2.05, 4.69) is 90.9 Å². The first-order valence-electron chi connectivity index (χ1n) is 10.9. The van der Waals surface area contributed by atoms with Crippen LogP contribution in [0.25, 0.3) is 10.9 Å². The van der Waals surface area contributed by atoms with Gasteiger partial charge in [0.05, 0.1) is 5.52 Å². The third-order valence-electron chi connectivity index (χ3n) is 5.51. The lowest BCUT2D eigenvalue weighted by atomic mass is 10.1. The van der Waals surface area contributed by atoms with Gasteiger partial charge in [-0.05, 0) is 62.7 Å². The Balaban J connectivity index is 1.61. The zero-order valence-electron chi connectivity index (χ0n) is 18.3. The Hall–Kier alpha value is -3.60. The standard InChI is InChI=1S/C26H29N5/c1-4-31(5-2)22-17-15-21(16-18-22)28-26-29-24-14-10-9-13-23(24)25(30-26)27-19(3)20-11-7-6-8-12-20/h6-19H,4-5H2,1-3H3,(H2,27,28,29,30). The summed E-state index contributed by atoms with van der Waals surface area (Å²) in [4.78, 5) is 11.9. The molecule has 31 heavy (non-hydrogen) atoms. The van der Waals surface area contributed by atoms with Crippen LogP contribution in [0.4, 0.5) is 23.1 Å². The Morgan fingerprint density at radius 3 is 2.19 bits per heavy atom. The molecule has 1 unspecified atom stereocenters. The largest absolute Gasteiger partial charge is 0.372 e. The van der Waals surface area contributed by atoms with Gasteiger partial charge in [-0.3, -0.25) is 0 Å². The number of anilines is 4. The normalized spacial score (nSPS) is 11.8. The van der Waals surface area contributed by atoms with E-state index in [9.17, 15) is 0 Å². The molecule has 2 N–H and O–H groups in total. The molecule has 0 aliphatic heterocycles. The van der Waals surface area contributed by atoms with Crippen molar-refractivity contribution in [3.63, 3.8) is 0 Å². The van der Waals surface area contributed by atoms with Gasteiger partial charge >= 0.3 is 0 Å². The number of fused-ring (bicyclic) bond motifs is 1. The number of hydrogen-bond acceptors (Lipinski definition) is 5. The monoisotopic (exact) mass is 411 g/mol. The summed E-state index contributed by atoms with van der Waals surface area (Å²) in [6.07, 6.45) is 0. The molecule has 4 rings (SSSR count). The van der Waals surface area contributed by atoms with Crippen molar-refractivity contribution in [1.29, 1.82) is 0 Å². The number of benzene rings is 3. The Morgan fingerprint density at radius 2 is 1.48 bits per heavy atom. The average molecular weight is 412 g/mol. The highest BCUT2D eigenvalue weighted by molar-refractivity contribution is 5.90. The molecule has 1 atom stereocenters. The zero-order chi connectivity index (χ0) is 21.6. The van der Waals surface area contributed by atoms with E-state index >= 15 is 0 Å². The summed E-state index contributed by atoms with van der Waals surface area (Å²) in [5.41, 5.74) is 4.30. The molecule has 1 heterocycles. The van der Waals surface area contributed by atoms with Crippen LogP contribution < -0.4 is 15.5 Å². The summed E-state index contributed by atoms with van der Waals surface area (Å²) in [5.74, 6) is 1.40. The van der Waals surface area contributed by atoms with Crippen molar-refractivity contribution in [3.8, 4) is 0 Å². The van der Waals surface area contributed by atoms with E-state index in [1.54, 1.807) is 0 Å². The molecule has 5 nitrogen and oxygen atoms in total. The lowest BCUT2D eigenvalue weighted by Gasteiger charge is -2.21. The second-order valence-electron chi connectivity index (χ2n) is 7.53. The Labute approximate surface area is 184 Å². The fourth-order valence-corrected chi connectivity index (χ4v) is 3.75. The van der Waals surface area contributed by atoms with Crippen molar-refractivity contribution in [2.45, 2.75) is 26.8 Å². The maximum Gasteiger partial charge on any atom is 0.229 e. The van der Waals surface area contributed by atoms with Crippen molar-refractivity contribution in [3.05, 3.63) is 84.4 Å². The first-order chi connectivity index (χ1) is 15.2. The zero-order valence-corrected chi connectivity index (χ0v) is 18.3. The van der Waals surface area contributed by atoms with Gasteiger partial charge in [0.1, 0.15) is 5.82 Å². The van der Waals surface area contributed by atoms with E-state index in [-0.39, 0.29) is 6.04 Å². The van der Waals surface area contributed by atoms with Gasteiger partial charge in [-0.15, -0.1) is 0 Å². The predicted octanol–water partition coefficient (Wildman–Crippen LogP) is 6.39. The van der Waals surface area contributed by atoms with Gasteiger partial charge < -0.3 is 15.5 Å². The van der Waals surface area contributed by atoms with Crippen LogP contribution in [0.5, 0.6) is 0 Å². The molecule has 0 aliphatic rings. The predicted molar refractivity (Wildman–Crippen MR) is 131 cm³/mol. The number of nitrogens with one attached hydrogen (secondary N) is 2. The van der Waals surface area contributed by atoms with Crippen LogP contribution in [0.2, 0.25) is 0 Å². The molecular formula is C26H29N5. The van der Waals surface area contributed by atoms with Gasteiger partial charge in [-0.25, -0.2) is 4.98 Å². The molecular weight excluding hydrogens is 382 g/mol. The summed E-state index contributed by atoms with van der Waals surface area (Å²) in [5, 5.41) is 7.95. The summed E-state index contributed by atoms with van der Waals surface area (Å²) < 4.78 is 0. The molecule has 0 saturated carbocycles. The van der Waals surface area contributed by atoms with Gasteiger partial charge in [0.25, 0.3) is 0 Å². The molecule has 3 aromatic carbocycles. The fourth-order valence-electron chi connectivity index (χ4n) is 3.75. The van der Waals surface area contributed by atoms with Crippen LogP contribution >= 0.6 is 0 Å². The van der Waals surface area contributed by atoms with E-state index in [1.807, 2.05) is 24.3 Å². The lowest BCUT2D eigenvalue weighted by Crippen LogP contribution is -2.21. The van der Waals surface area contributed by atoms with Gasteiger partial charge in [-0.2, -0.15) is 4.98 Å². The first kappa shape index (κ1) is 20.7. The highest BCUT2D eigenvalue weighted by atomic mass is 15.2. The molecule has 5 heteroatoms. The van der Waals surface area contributed by atoms with Gasteiger partial charge in [0.15, 0.2) is 0 Å². The Bertz CT molecular complexity index is 1120. The fraction of sp³-hybridized carbons (Fsp3) is 0.231. The maximum absolute atomic E-state index is 4.81. The number of hydrogen-bond donors (Lipinski definition) is 2. The highest BCUT2D eigenvalue weighted by Crippen LogP contribution is 2.27. The van der Waals surface area contributed by atoms with Gasteiger partial charge in [0.2, 0.25) is 5.95 Å². The Kier molecular flexibility index (Phi) is 6.32. The van der Waals surface area contributed by atoms with Crippen LogP contribution in [-0.4, -0.2) is 23.1 Å². The molecule has 0 radical (unpaired) electrons. The van der Waals surface area contributed by atoms with Crippen molar-refractivity contribution < 1.29 is 0 Å². The molecule has 158 valence electrons. The van der Waals surface area contributed by atoms with E-state index in [1.165, 1.54) is 11.3 Å². The second kappa shape index (κ2) is 9.47. The molecule has 0 bridgehead atoms. The third kappa shape index (κ3) is 4.77. The summed E-state index contributed by atoms with van der Waals surface area (Å²) >= 11 is 0. The minimum atomic E-state index is 0.126. The molecule has 0 amide bonds. The van der Waals surface area contributed by atoms with Crippen molar-refractivity contribution >= 4 is 34.0 Å². The number of aromatic nitrogens is 2. The molecule has 0 saturated heterocycles. The van der Waals surface area contributed by atoms with Gasteiger partial charge in [0, 0.05) is 35.9 Å². The molecule has 0 aliphatic carbocycles. The average Bonchev–Trinajstić information content (AvgIpc) is 2.81.